The van der Waals surface area contributed by atoms with Gasteiger partial charge in [0.15, 0.2) is 0 Å². The summed E-state index contributed by atoms with van der Waals surface area (Å²) in [6.45, 7) is -0.192. The molecule has 3 nitrogen and oxygen atoms in total. The molecule has 0 spiro atoms. The highest BCUT2D eigenvalue weighted by molar-refractivity contribution is 5.85. The summed E-state index contributed by atoms with van der Waals surface area (Å²) in [5, 5.41) is 0. The average Bonchev–Trinajstić information content (AvgIpc) is 2.59. The zero-order chi connectivity index (χ0) is 11.8. The molecule has 1 aliphatic heterocycles. The van der Waals surface area contributed by atoms with Gasteiger partial charge in [0.05, 0.1) is 6.54 Å². The SMILES string of the molecule is Cl.NC1CCC(C(=O)N2CCC(F)(F)C2)CC1. The van der Waals surface area contributed by atoms with Gasteiger partial charge in [-0.1, -0.05) is 0 Å². The van der Waals surface area contributed by atoms with Crippen LogP contribution in [0.3, 0.4) is 0 Å². The van der Waals surface area contributed by atoms with Crippen molar-refractivity contribution in [3.05, 3.63) is 0 Å². The Morgan fingerprint density at radius 3 is 2.29 bits per heavy atom. The largest absolute Gasteiger partial charge is 0.336 e. The fraction of sp³-hybridized carbons (Fsp3) is 0.909. The molecule has 1 heterocycles. The summed E-state index contributed by atoms with van der Waals surface area (Å²) in [6.07, 6.45) is 2.98. The van der Waals surface area contributed by atoms with E-state index in [0.717, 1.165) is 25.7 Å². The van der Waals surface area contributed by atoms with Gasteiger partial charge < -0.3 is 10.6 Å². The molecule has 0 aromatic carbocycles. The maximum atomic E-state index is 13.0. The van der Waals surface area contributed by atoms with Crippen LogP contribution in [0.2, 0.25) is 0 Å². The lowest BCUT2D eigenvalue weighted by atomic mass is 9.85. The predicted octanol–water partition coefficient (Wildman–Crippen LogP) is 1.79. The Hall–Kier alpha value is -0.420. The summed E-state index contributed by atoms with van der Waals surface area (Å²) >= 11 is 0. The highest BCUT2D eigenvalue weighted by Crippen LogP contribution is 2.31. The molecule has 0 unspecified atom stereocenters. The van der Waals surface area contributed by atoms with Gasteiger partial charge in [0, 0.05) is 24.9 Å². The van der Waals surface area contributed by atoms with E-state index in [1.54, 1.807) is 0 Å². The minimum Gasteiger partial charge on any atom is -0.336 e. The van der Waals surface area contributed by atoms with Crippen molar-refractivity contribution < 1.29 is 13.6 Å². The second kappa shape index (κ2) is 5.48. The van der Waals surface area contributed by atoms with Gasteiger partial charge in [0.1, 0.15) is 0 Å². The van der Waals surface area contributed by atoms with Gasteiger partial charge in [0.2, 0.25) is 5.91 Å². The van der Waals surface area contributed by atoms with Crippen LogP contribution in [0.4, 0.5) is 8.78 Å². The number of nitrogens with two attached hydrogens (primary N) is 1. The van der Waals surface area contributed by atoms with E-state index in [4.69, 9.17) is 5.73 Å². The normalized spacial score (nSPS) is 32.1. The summed E-state index contributed by atoms with van der Waals surface area (Å²) in [5.41, 5.74) is 5.75. The first-order valence-electron chi connectivity index (χ1n) is 5.90. The third-order valence-electron chi connectivity index (χ3n) is 3.60. The number of hydrogen-bond donors (Lipinski definition) is 1. The third-order valence-corrected chi connectivity index (χ3v) is 3.60. The number of alkyl halides is 2. The monoisotopic (exact) mass is 268 g/mol. The second-order valence-corrected chi connectivity index (χ2v) is 4.98. The fourth-order valence-electron chi connectivity index (χ4n) is 2.55. The molecule has 17 heavy (non-hydrogen) atoms. The molecule has 2 fully saturated rings. The topological polar surface area (TPSA) is 46.3 Å². The first-order valence-corrected chi connectivity index (χ1v) is 5.90. The maximum Gasteiger partial charge on any atom is 0.267 e. The first kappa shape index (κ1) is 14.6. The molecule has 1 saturated carbocycles. The molecule has 0 bridgehead atoms. The molecule has 6 heteroatoms. The van der Waals surface area contributed by atoms with E-state index in [9.17, 15) is 13.6 Å². The van der Waals surface area contributed by atoms with E-state index in [1.165, 1.54) is 4.90 Å². The van der Waals surface area contributed by atoms with Crippen LogP contribution < -0.4 is 5.73 Å². The zero-order valence-electron chi connectivity index (χ0n) is 9.70. The van der Waals surface area contributed by atoms with Crippen molar-refractivity contribution in [2.45, 2.75) is 44.1 Å². The molecule has 100 valence electrons. The van der Waals surface area contributed by atoms with Crippen LogP contribution in [0.1, 0.15) is 32.1 Å². The molecule has 1 aliphatic carbocycles. The van der Waals surface area contributed by atoms with Gasteiger partial charge in [-0.15, -0.1) is 12.4 Å². The Morgan fingerprint density at radius 1 is 1.24 bits per heavy atom. The Kier molecular flexibility index (Phi) is 4.72. The maximum absolute atomic E-state index is 13.0. The average molecular weight is 269 g/mol. The zero-order valence-corrected chi connectivity index (χ0v) is 10.5. The Bertz CT molecular complexity index is 281. The molecule has 2 N–H and O–H groups in total. The highest BCUT2D eigenvalue weighted by Gasteiger charge is 2.42. The van der Waals surface area contributed by atoms with E-state index in [1.807, 2.05) is 0 Å². The van der Waals surface area contributed by atoms with Crippen molar-refractivity contribution in [3.8, 4) is 0 Å². The summed E-state index contributed by atoms with van der Waals surface area (Å²) < 4.78 is 25.9. The summed E-state index contributed by atoms with van der Waals surface area (Å²) in [5.74, 6) is -2.85. The van der Waals surface area contributed by atoms with Crippen molar-refractivity contribution in [2.24, 2.45) is 11.7 Å². The van der Waals surface area contributed by atoms with Crippen molar-refractivity contribution in [1.29, 1.82) is 0 Å². The minimum absolute atomic E-state index is 0. The number of hydrogen-bond acceptors (Lipinski definition) is 2. The van der Waals surface area contributed by atoms with Gasteiger partial charge in [-0.2, -0.15) is 0 Å². The molecule has 0 radical (unpaired) electrons. The number of rotatable bonds is 1. The molecule has 2 rings (SSSR count). The van der Waals surface area contributed by atoms with Gasteiger partial charge in [0.25, 0.3) is 5.92 Å². The second-order valence-electron chi connectivity index (χ2n) is 4.98. The fourth-order valence-corrected chi connectivity index (χ4v) is 2.55. The summed E-state index contributed by atoms with van der Waals surface area (Å²) in [4.78, 5) is 13.3. The minimum atomic E-state index is -2.68. The lowest BCUT2D eigenvalue weighted by Gasteiger charge is -2.28. The Balaban J connectivity index is 0.00000144. The number of nitrogens with zero attached hydrogens (tertiary/aromatic N) is 1. The molecule has 1 amide bonds. The molecule has 2 aliphatic rings. The first-order chi connectivity index (χ1) is 7.48. The summed E-state index contributed by atoms with van der Waals surface area (Å²) in [7, 11) is 0. The van der Waals surface area contributed by atoms with E-state index < -0.39 is 12.5 Å². The van der Waals surface area contributed by atoms with Gasteiger partial charge >= 0.3 is 0 Å². The number of likely N-dealkylation sites (tertiary alicyclic amines) is 1. The van der Waals surface area contributed by atoms with Crippen molar-refractivity contribution in [3.63, 3.8) is 0 Å². The lowest BCUT2D eigenvalue weighted by molar-refractivity contribution is -0.137. The number of carbonyl (C=O) groups is 1. The quantitative estimate of drug-likeness (QED) is 0.788. The Labute approximate surface area is 106 Å². The molecule has 1 saturated heterocycles. The van der Waals surface area contributed by atoms with Crippen molar-refractivity contribution in [1.82, 2.24) is 4.90 Å². The van der Waals surface area contributed by atoms with Crippen LogP contribution in [0, 0.1) is 5.92 Å². The summed E-state index contributed by atoms with van der Waals surface area (Å²) in [6, 6.07) is 0.184. The van der Waals surface area contributed by atoms with Crippen molar-refractivity contribution >= 4 is 18.3 Å². The van der Waals surface area contributed by atoms with Crippen LogP contribution in [-0.4, -0.2) is 35.9 Å². The van der Waals surface area contributed by atoms with Gasteiger partial charge in [-0.3, -0.25) is 4.79 Å². The highest BCUT2D eigenvalue weighted by atomic mass is 35.5. The molecule has 0 atom stereocenters. The number of amides is 1. The molecular formula is C11H19ClF2N2O. The predicted molar refractivity (Wildman–Crippen MR) is 63.3 cm³/mol. The van der Waals surface area contributed by atoms with Gasteiger partial charge in [-0.25, -0.2) is 8.78 Å². The van der Waals surface area contributed by atoms with Crippen LogP contribution in [0.5, 0.6) is 0 Å². The molecular weight excluding hydrogens is 250 g/mol. The standard InChI is InChI=1S/C11H18F2N2O.ClH/c12-11(13)5-6-15(7-11)10(16)8-1-3-9(14)4-2-8;/h8-9H,1-7,14H2;1H. The van der Waals surface area contributed by atoms with E-state index in [-0.39, 0.29) is 43.2 Å². The lowest BCUT2D eigenvalue weighted by Crippen LogP contribution is -2.39. The van der Waals surface area contributed by atoms with E-state index in [0.29, 0.717) is 0 Å². The van der Waals surface area contributed by atoms with Crippen LogP contribution in [0.15, 0.2) is 0 Å². The molecule has 0 aromatic rings. The number of halogens is 3. The van der Waals surface area contributed by atoms with Crippen LogP contribution in [0.25, 0.3) is 0 Å². The van der Waals surface area contributed by atoms with Crippen molar-refractivity contribution in [2.75, 3.05) is 13.1 Å². The van der Waals surface area contributed by atoms with Crippen LogP contribution >= 0.6 is 12.4 Å². The van der Waals surface area contributed by atoms with Gasteiger partial charge in [-0.05, 0) is 25.7 Å². The molecule has 0 aromatic heterocycles. The Morgan fingerprint density at radius 2 is 1.82 bits per heavy atom. The number of carbonyl (C=O) groups excluding carboxylic acids is 1. The third kappa shape index (κ3) is 3.52. The van der Waals surface area contributed by atoms with E-state index >= 15 is 0 Å². The van der Waals surface area contributed by atoms with Crippen LogP contribution in [-0.2, 0) is 4.79 Å². The van der Waals surface area contributed by atoms with E-state index in [2.05, 4.69) is 0 Å². The smallest absolute Gasteiger partial charge is 0.267 e.